The predicted octanol–water partition coefficient (Wildman–Crippen LogP) is 1.38. The van der Waals surface area contributed by atoms with E-state index < -0.39 is 6.10 Å². The van der Waals surface area contributed by atoms with E-state index in [1.165, 1.54) is 4.88 Å². The fourth-order valence-electron chi connectivity index (χ4n) is 2.40. The number of ether oxygens (including phenoxy) is 1. The van der Waals surface area contributed by atoms with Crippen molar-refractivity contribution >= 4 is 11.3 Å². The molecule has 0 bridgehead atoms. The van der Waals surface area contributed by atoms with E-state index in [0.29, 0.717) is 25.8 Å². The molecule has 108 valence electrons. The van der Waals surface area contributed by atoms with Crippen molar-refractivity contribution in [1.82, 2.24) is 14.7 Å². The summed E-state index contributed by atoms with van der Waals surface area (Å²) in [5, 5.41) is 16.2. The number of thiophene rings is 1. The van der Waals surface area contributed by atoms with Gasteiger partial charge in [-0.25, -0.2) is 0 Å². The molecule has 20 heavy (non-hydrogen) atoms. The Bertz CT molecular complexity index is 494. The number of hydrogen-bond acceptors (Lipinski definition) is 5. The molecule has 1 N–H and O–H groups in total. The number of hydrogen-bond donors (Lipinski definition) is 1. The SMILES string of the molecule is OC(COCc1cccs1)CN1CC(n2cccn2)C1. The van der Waals surface area contributed by atoms with E-state index in [2.05, 4.69) is 10.00 Å². The minimum absolute atomic E-state index is 0.390. The first-order valence-corrected chi connectivity index (χ1v) is 7.69. The average molecular weight is 293 g/mol. The molecule has 1 aliphatic heterocycles. The maximum absolute atomic E-state index is 9.94. The third-order valence-corrected chi connectivity index (χ3v) is 4.29. The van der Waals surface area contributed by atoms with Gasteiger partial charge < -0.3 is 9.84 Å². The highest BCUT2D eigenvalue weighted by Gasteiger charge is 2.29. The molecule has 2 aromatic heterocycles. The lowest BCUT2D eigenvalue weighted by Gasteiger charge is -2.40. The fraction of sp³-hybridized carbons (Fsp3) is 0.500. The monoisotopic (exact) mass is 293 g/mol. The molecule has 6 heteroatoms. The van der Waals surface area contributed by atoms with E-state index in [4.69, 9.17) is 4.74 Å². The first-order valence-electron chi connectivity index (χ1n) is 6.81. The highest BCUT2D eigenvalue weighted by Crippen LogP contribution is 2.20. The van der Waals surface area contributed by atoms with E-state index in [-0.39, 0.29) is 0 Å². The average Bonchev–Trinajstić information content (AvgIpc) is 3.06. The number of aromatic nitrogens is 2. The molecular weight excluding hydrogens is 274 g/mol. The summed E-state index contributed by atoms with van der Waals surface area (Å²) in [7, 11) is 0. The van der Waals surface area contributed by atoms with Crippen molar-refractivity contribution in [3.63, 3.8) is 0 Å². The summed E-state index contributed by atoms with van der Waals surface area (Å²) < 4.78 is 7.51. The summed E-state index contributed by atoms with van der Waals surface area (Å²) in [5.74, 6) is 0. The molecule has 1 unspecified atom stereocenters. The Morgan fingerprint density at radius 2 is 2.35 bits per heavy atom. The Labute approximate surface area is 122 Å². The largest absolute Gasteiger partial charge is 0.389 e. The first-order chi connectivity index (χ1) is 9.81. The number of nitrogens with zero attached hydrogens (tertiary/aromatic N) is 3. The number of likely N-dealkylation sites (tertiary alicyclic amines) is 1. The van der Waals surface area contributed by atoms with Crippen molar-refractivity contribution in [2.24, 2.45) is 0 Å². The minimum Gasteiger partial charge on any atom is -0.389 e. The van der Waals surface area contributed by atoms with Crippen LogP contribution in [-0.2, 0) is 11.3 Å². The summed E-state index contributed by atoms with van der Waals surface area (Å²) in [6.07, 6.45) is 3.37. The van der Waals surface area contributed by atoms with Crippen molar-refractivity contribution in [1.29, 1.82) is 0 Å². The minimum atomic E-state index is -0.423. The van der Waals surface area contributed by atoms with E-state index in [1.807, 2.05) is 34.5 Å². The zero-order chi connectivity index (χ0) is 13.8. The second-order valence-corrected chi connectivity index (χ2v) is 6.14. The van der Waals surface area contributed by atoms with E-state index in [1.54, 1.807) is 17.5 Å². The van der Waals surface area contributed by atoms with Crippen molar-refractivity contribution in [2.75, 3.05) is 26.2 Å². The van der Waals surface area contributed by atoms with E-state index in [9.17, 15) is 5.11 Å². The maximum atomic E-state index is 9.94. The lowest BCUT2D eigenvalue weighted by Crippen LogP contribution is -2.51. The van der Waals surface area contributed by atoms with Crippen molar-refractivity contribution in [3.8, 4) is 0 Å². The van der Waals surface area contributed by atoms with Crippen LogP contribution < -0.4 is 0 Å². The van der Waals surface area contributed by atoms with Gasteiger partial charge >= 0.3 is 0 Å². The normalized spacial score (nSPS) is 18.1. The summed E-state index contributed by atoms with van der Waals surface area (Å²) in [4.78, 5) is 3.42. The van der Waals surface area contributed by atoms with E-state index in [0.717, 1.165) is 13.1 Å². The van der Waals surface area contributed by atoms with Gasteiger partial charge in [0, 0.05) is 36.9 Å². The third-order valence-electron chi connectivity index (χ3n) is 3.44. The molecule has 5 nitrogen and oxygen atoms in total. The number of β-amino-alcohol motifs (C(OH)–C–C–N with tert-alkyl or cyclic N) is 1. The van der Waals surface area contributed by atoms with Crippen LogP contribution in [0.4, 0.5) is 0 Å². The molecule has 1 aliphatic rings. The van der Waals surface area contributed by atoms with Crippen LogP contribution in [0.5, 0.6) is 0 Å². The summed E-state index contributed by atoms with van der Waals surface area (Å²) in [5.41, 5.74) is 0. The Balaban J connectivity index is 1.31. The zero-order valence-electron chi connectivity index (χ0n) is 11.3. The summed E-state index contributed by atoms with van der Waals surface area (Å²) in [6, 6.07) is 6.44. The molecule has 1 saturated heterocycles. The van der Waals surface area contributed by atoms with Gasteiger partial charge in [0.2, 0.25) is 0 Å². The molecule has 0 aromatic carbocycles. The number of aliphatic hydroxyl groups is 1. The zero-order valence-corrected chi connectivity index (χ0v) is 12.1. The van der Waals surface area contributed by atoms with Gasteiger partial charge in [-0.15, -0.1) is 11.3 Å². The Morgan fingerprint density at radius 3 is 3.05 bits per heavy atom. The standard InChI is InChI=1S/C14H19N3O2S/c18-13(10-19-11-14-3-1-6-20-14)9-16-7-12(8-16)17-5-2-4-15-17/h1-6,12-13,18H,7-11H2. The van der Waals surface area contributed by atoms with Crippen LogP contribution in [0.3, 0.4) is 0 Å². The second kappa shape index (κ2) is 6.49. The van der Waals surface area contributed by atoms with Crippen LogP contribution in [0.15, 0.2) is 36.0 Å². The molecular formula is C14H19N3O2S. The van der Waals surface area contributed by atoms with Gasteiger partial charge in [-0.05, 0) is 17.5 Å². The second-order valence-electron chi connectivity index (χ2n) is 5.11. The van der Waals surface area contributed by atoms with Crippen LogP contribution in [0, 0.1) is 0 Å². The van der Waals surface area contributed by atoms with Gasteiger partial charge in [-0.3, -0.25) is 9.58 Å². The van der Waals surface area contributed by atoms with Gasteiger partial charge in [0.25, 0.3) is 0 Å². The molecule has 3 rings (SSSR count). The van der Waals surface area contributed by atoms with Crippen molar-refractivity contribution in [2.45, 2.75) is 18.8 Å². The molecule has 3 heterocycles. The maximum Gasteiger partial charge on any atom is 0.0900 e. The quantitative estimate of drug-likeness (QED) is 0.838. The fourth-order valence-corrected chi connectivity index (χ4v) is 3.04. The van der Waals surface area contributed by atoms with Gasteiger partial charge in [-0.1, -0.05) is 6.07 Å². The van der Waals surface area contributed by atoms with Gasteiger partial charge in [0.05, 0.1) is 25.4 Å². The Hall–Kier alpha value is -1.21. The summed E-state index contributed by atoms with van der Waals surface area (Å²) >= 11 is 1.68. The van der Waals surface area contributed by atoms with Gasteiger partial charge in [0.1, 0.15) is 0 Å². The van der Waals surface area contributed by atoms with Crippen LogP contribution in [0.1, 0.15) is 10.9 Å². The van der Waals surface area contributed by atoms with Crippen LogP contribution in [0.25, 0.3) is 0 Å². The number of aliphatic hydroxyl groups excluding tert-OH is 1. The molecule has 2 aromatic rings. The molecule has 1 fully saturated rings. The van der Waals surface area contributed by atoms with Crippen LogP contribution in [-0.4, -0.2) is 52.1 Å². The molecule has 1 atom stereocenters. The van der Waals surface area contributed by atoms with Crippen molar-refractivity contribution < 1.29 is 9.84 Å². The molecule has 0 saturated carbocycles. The van der Waals surface area contributed by atoms with Gasteiger partial charge in [0.15, 0.2) is 0 Å². The highest BCUT2D eigenvalue weighted by atomic mass is 32.1. The highest BCUT2D eigenvalue weighted by molar-refractivity contribution is 7.09. The topological polar surface area (TPSA) is 50.5 Å². The molecule has 0 radical (unpaired) electrons. The molecule has 0 spiro atoms. The predicted molar refractivity (Wildman–Crippen MR) is 77.7 cm³/mol. The van der Waals surface area contributed by atoms with Crippen molar-refractivity contribution in [3.05, 3.63) is 40.8 Å². The Morgan fingerprint density at radius 1 is 1.45 bits per heavy atom. The van der Waals surface area contributed by atoms with Gasteiger partial charge in [-0.2, -0.15) is 5.10 Å². The molecule has 0 aliphatic carbocycles. The third kappa shape index (κ3) is 3.46. The van der Waals surface area contributed by atoms with Crippen LogP contribution in [0.2, 0.25) is 0 Å². The Kier molecular flexibility index (Phi) is 4.47. The first kappa shape index (κ1) is 13.8. The molecule has 0 amide bonds. The lowest BCUT2D eigenvalue weighted by molar-refractivity contribution is -0.0128. The smallest absolute Gasteiger partial charge is 0.0900 e. The number of rotatable bonds is 7. The summed E-state index contributed by atoms with van der Waals surface area (Å²) in [6.45, 7) is 3.54. The van der Waals surface area contributed by atoms with E-state index >= 15 is 0 Å². The van der Waals surface area contributed by atoms with Crippen LogP contribution >= 0.6 is 11.3 Å². The lowest BCUT2D eigenvalue weighted by atomic mass is 10.1.